The van der Waals surface area contributed by atoms with Crippen LogP contribution in [0, 0.1) is 5.92 Å². The van der Waals surface area contributed by atoms with Gasteiger partial charge in [-0.1, -0.05) is 0 Å². The number of nitrogens with two attached hydrogens (primary N) is 1. The topological polar surface area (TPSA) is 55.5 Å². The van der Waals surface area contributed by atoms with Gasteiger partial charge in [-0.2, -0.15) is 0 Å². The zero-order chi connectivity index (χ0) is 7.14. The molecule has 2 rings (SSSR count). The zero-order valence-corrected chi connectivity index (χ0v) is 5.86. The molecule has 2 bridgehead atoms. The van der Waals surface area contributed by atoms with E-state index in [1.165, 1.54) is 0 Å². The van der Waals surface area contributed by atoms with E-state index in [0.717, 1.165) is 12.8 Å². The van der Waals surface area contributed by atoms with E-state index in [9.17, 15) is 0 Å². The lowest BCUT2D eigenvalue weighted by molar-refractivity contribution is 0.0793. The zero-order valence-electron chi connectivity index (χ0n) is 5.86. The largest absolute Gasteiger partial charge is 0.396 e. The Balaban J connectivity index is 2.10. The molecule has 3 nitrogen and oxygen atoms in total. The van der Waals surface area contributed by atoms with Gasteiger partial charge in [0, 0.05) is 18.6 Å². The second-order valence-electron chi connectivity index (χ2n) is 3.21. The Morgan fingerprint density at radius 1 is 1.40 bits per heavy atom. The minimum absolute atomic E-state index is 0.0868. The summed E-state index contributed by atoms with van der Waals surface area (Å²) in [4.78, 5) is 0. The highest BCUT2D eigenvalue weighted by Crippen LogP contribution is 2.37. The summed E-state index contributed by atoms with van der Waals surface area (Å²) >= 11 is 0. The van der Waals surface area contributed by atoms with Crippen LogP contribution in [0.4, 0.5) is 0 Å². The average Bonchev–Trinajstić information content (AvgIpc) is 2.46. The van der Waals surface area contributed by atoms with Gasteiger partial charge in [-0.15, -0.1) is 0 Å². The van der Waals surface area contributed by atoms with Gasteiger partial charge < -0.3 is 15.6 Å². The van der Waals surface area contributed by atoms with Gasteiger partial charge in [0.1, 0.15) is 0 Å². The third kappa shape index (κ3) is 0.713. The highest BCUT2D eigenvalue weighted by atomic mass is 16.5. The SMILES string of the molecule is N[C@@H]1[C@H](CO)[C@H]2CC[C@@H]1O2. The predicted octanol–water partition coefficient (Wildman–Crippen LogP) is -0.517. The molecule has 4 atom stereocenters. The third-order valence-corrected chi connectivity index (χ3v) is 2.70. The van der Waals surface area contributed by atoms with Crippen LogP contribution in [0.15, 0.2) is 0 Å². The Hall–Kier alpha value is -0.120. The van der Waals surface area contributed by atoms with Crippen molar-refractivity contribution in [3.8, 4) is 0 Å². The van der Waals surface area contributed by atoms with Crippen molar-refractivity contribution in [2.24, 2.45) is 11.7 Å². The van der Waals surface area contributed by atoms with Gasteiger partial charge in [0.05, 0.1) is 12.2 Å². The van der Waals surface area contributed by atoms with Crippen molar-refractivity contribution in [2.75, 3.05) is 6.61 Å². The van der Waals surface area contributed by atoms with Gasteiger partial charge >= 0.3 is 0 Å². The molecule has 3 N–H and O–H groups in total. The first-order chi connectivity index (χ1) is 4.83. The average molecular weight is 143 g/mol. The Bertz CT molecular complexity index is 138. The normalized spacial score (nSPS) is 52.2. The third-order valence-electron chi connectivity index (χ3n) is 2.70. The van der Waals surface area contributed by atoms with Crippen molar-refractivity contribution in [3.05, 3.63) is 0 Å². The lowest BCUT2D eigenvalue weighted by Crippen LogP contribution is -2.41. The molecule has 0 aromatic heterocycles. The van der Waals surface area contributed by atoms with E-state index >= 15 is 0 Å². The highest BCUT2D eigenvalue weighted by Gasteiger charge is 2.46. The van der Waals surface area contributed by atoms with E-state index in [-0.39, 0.29) is 30.8 Å². The van der Waals surface area contributed by atoms with E-state index in [0.29, 0.717) is 0 Å². The molecule has 0 radical (unpaired) electrons. The first-order valence-corrected chi connectivity index (χ1v) is 3.85. The van der Waals surface area contributed by atoms with Crippen molar-refractivity contribution in [1.82, 2.24) is 0 Å². The van der Waals surface area contributed by atoms with Crippen molar-refractivity contribution in [2.45, 2.75) is 31.1 Å². The molecule has 0 spiro atoms. The van der Waals surface area contributed by atoms with Crippen LogP contribution in [-0.2, 0) is 4.74 Å². The van der Waals surface area contributed by atoms with E-state index in [2.05, 4.69) is 0 Å². The van der Waals surface area contributed by atoms with E-state index in [1.807, 2.05) is 0 Å². The molecule has 0 unspecified atom stereocenters. The number of ether oxygens (including phenoxy) is 1. The molecule has 2 heterocycles. The van der Waals surface area contributed by atoms with Crippen LogP contribution in [0.3, 0.4) is 0 Å². The maximum atomic E-state index is 8.90. The van der Waals surface area contributed by atoms with Crippen LogP contribution < -0.4 is 5.73 Å². The first kappa shape index (κ1) is 6.58. The lowest BCUT2D eigenvalue weighted by Gasteiger charge is -2.21. The van der Waals surface area contributed by atoms with Crippen LogP contribution in [0.5, 0.6) is 0 Å². The standard InChI is InChI=1S/C7H13NO2/c8-7-4(3-9)5-1-2-6(7)10-5/h4-7,9H,1-3,8H2/t4-,5-,6+,7-/m1/s1. The highest BCUT2D eigenvalue weighted by molar-refractivity contribution is 4.98. The summed E-state index contributed by atoms with van der Waals surface area (Å²) < 4.78 is 5.50. The molecule has 2 fully saturated rings. The van der Waals surface area contributed by atoms with Gasteiger partial charge in [-0.05, 0) is 12.8 Å². The molecule has 0 aromatic rings. The lowest BCUT2D eigenvalue weighted by atomic mass is 9.86. The Morgan fingerprint density at radius 3 is 2.50 bits per heavy atom. The van der Waals surface area contributed by atoms with Crippen LogP contribution >= 0.6 is 0 Å². The van der Waals surface area contributed by atoms with Crippen molar-refractivity contribution in [1.29, 1.82) is 0 Å². The second kappa shape index (κ2) is 2.19. The van der Waals surface area contributed by atoms with Crippen LogP contribution in [-0.4, -0.2) is 30.0 Å². The number of aliphatic hydroxyl groups is 1. The smallest absolute Gasteiger partial charge is 0.0735 e. The second-order valence-corrected chi connectivity index (χ2v) is 3.21. The van der Waals surface area contributed by atoms with E-state index < -0.39 is 0 Å². The Kier molecular flexibility index (Phi) is 1.44. The molecule has 58 valence electrons. The van der Waals surface area contributed by atoms with Crippen molar-refractivity contribution >= 4 is 0 Å². The summed E-state index contributed by atoms with van der Waals surface area (Å²) in [6.07, 6.45) is 2.67. The summed E-state index contributed by atoms with van der Waals surface area (Å²) in [5.41, 5.74) is 5.79. The van der Waals surface area contributed by atoms with Gasteiger partial charge in [0.15, 0.2) is 0 Å². The molecule has 0 amide bonds. The van der Waals surface area contributed by atoms with Gasteiger partial charge in [-0.25, -0.2) is 0 Å². The molecule has 2 aliphatic heterocycles. The number of fused-ring (bicyclic) bond motifs is 2. The van der Waals surface area contributed by atoms with Crippen LogP contribution in [0.25, 0.3) is 0 Å². The Labute approximate surface area is 60.2 Å². The van der Waals surface area contributed by atoms with Crippen molar-refractivity contribution in [3.63, 3.8) is 0 Å². The molecule has 0 aromatic carbocycles. The number of aliphatic hydroxyl groups excluding tert-OH is 1. The summed E-state index contributed by atoms with van der Waals surface area (Å²) in [7, 11) is 0. The summed E-state index contributed by atoms with van der Waals surface area (Å²) in [5, 5.41) is 8.90. The fraction of sp³-hybridized carbons (Fsp3) is 1.00. The molecule has 0 aliphatic carbocycles. The molecule has 2 aliphatic rings. The molecular formula is C7H13NO2. The van der Waals surface area contributed by atoms with E-state index in [4.69, 9.17) is 15.6 Å². The summed E-state index contributed by atoms with van der Waals surface area (Å²) in [6, 6.07) is 0.0868. The van der Waals surface area contributed by atoms with Crippen LogP contribution in [0.2, 0.25) is 0 Å². The van der Waals surface area contributed by atoms with Crippen molar-refractivity contribution < 1.29 is 9.84 Å². The van der Waals surface area contributed by atoms with Crippen LogP contribution in [0.1, 0.15) is 12.8 Å². The fourth-order valence-electron chi connectivity index (χ4n) is 2.05. The van der Waals surface area contributed by atoms with Gasteiger partial charge in [0.25, 0.3) is 0 Å². The minimum atomic E-state index is 0.0868. The first-order valence-electron chi connectivity index (χ1n) is 3.85. The molecule has 3 heteroatoms. The molecule has 10 heavy (non-hydrogen) atoms. The fourth-order valence-corrected chi connectivity index (χ4v) is 2.05. The maximum absolute atomic E-state index is 8.90. The molecular weight excluding hydrogens is 130 g/mol. The molecule has 0 saturated carbocycles. The summed E-state index contributed by atoms with van der Waals surface area (Å²) in [5.74, 6) is 0.207. The van der Waals surface area contributed by atoms with Gasteiger partial charge in [0.2, 0.25) is 0 Å². The van der Waals surface area contributed by atoms with E-state index in [1.54, 1.807) is 0 Å². The monoisotopic (exact) mass is 143 g/mol. The summed E-state index contributed by atoms with van der Waals surface area (Å²) in [6.45, 7) is 0.183. The Morgan fingerprint density at radius 2 is 2.10 bits per heavy atom. The number of hydrogen-bond donors (Lipinski definition) is 2. The predicted molar refractivity (Wildman–Crippen MR) is 36.4 cm³/mol. The van der Waals surface area contributed by atoms with Gasteiger partial charge in [-0.3, -0.25) is 0 Å². The number of hydrogen-bond acceptors (Lipinski definition) is 3. The number of rotatable bonds is 1. The maximum Gasteiger partial charge on any atom is 0.0735 e. The molecule has 2 saturated heterocycles. The minimum Gasteiger partial charge on any atom is -0.396 e. The quantitative estimate of drug-likeness (QED) is 0.519.